The van der Waals surface area contributed by atoms with E-state index >= 15 is 0 Å². The summed E-state index contributed by atoms with van der Waals surface area (Å²) in [5.74, 6) is -0.988. The van der Waals surface area contributed by atoms with Gasteiger partial charge in [0.1, 0.15) is 12.4 Å². The number of para-hydroxylation sites is 1. The zero-order chi connectivity index (χ0) is 14.7. The molecule has 0 aliphatic carbocycles. The predicted octanol–water partition coefficient (Wildman–Crippen LogP) is 3.84. The molecule has 0 atom stereocenters. The van der Waals surface area contributed by atoms with Crippen LogP contribution in [0.15, 0.2) is 40.9 Å². The van der Waals surface area contributed by atoms with Gasteiger partial charge in [0.15, 0.2) is 0 Å². The molecule has 0 fully saturated rings. The van der Waals surface area contributed by atoms with Crippen LogP contribution in [-0.4, -0.2) is 5.97 Å². The highest BCUT2D eigenvalue weighted by Gasteiger charge is 2.13. The Morgan fingerprint density at radius 1 is 1.35 bits per heavy atom. The summed E-state index contributed by atoms with van der Waals surface area (Å²) in [5, 5.41) is 0. The maximum atomic E-state index is 13.6. The molecule has 104 valence electrons. The van der Waals surface area contributed by atoms with Crippen molar-refractivity contribution in [2.45, 2.75) is 13.5 Å². The number of aryl methyl sites for hydroxylation is 1. The molecule has 0 aliphatic rings. The molecule has 3 nitrogen and oxygen atoms in total. The fourth-order valence-corrected chi connectivity index (χ4v) is 2.05. The average molecular weight is 338 g/mol. The standard InChI is InChI=1S/C15H13BrFNO2/c1-9-3-2-4-12(14(9)18)15(19)20-8-10-5-6-11(16)7-13(10)17/h2-7H,8,18H2,1H3. The maximum absolute atomic E-state index is 13.6. The second-order valence-corrected chi connectivity index (χ2v) is 5.26. The fraction of sp³-hybridized carbons (Fsp3) is 0.133. The van der Waals surface area contributed by atoms with E-state index in [0.717, 1.165) is 5.56 Å². The van der Waals surface area contributed by atoms with Crippen LogP contribution in [0.2, 0.25) is 0 Å². The van der Waals surface area contributed by atoms with Crippen LogP contribution in [0.3, 0.4) is 0 Å². The lowest BCUT2D eigenvalue weighted by molar-refractivity contribution is 0.0470. The van der Waals surface area contributed by atoms with Gasteiger partial charge in [-0.15, -0.1) is 0 Å². The minimum atomic E-state index is -0.562. The number of carbonyl (C=O) groups excluding carboxylic acids is 1. The summed E-state index contributed by atoms with van der Waals surface area (Å²) in [5.41, 5.74) is 7.61. The lowest BCUT2D eigenvalue weighted by Crippen LogP contribution is -2.09. The third kappa shape index (κ3) is 3.17. The number of esters is 1. The molecule has 5 heteroatoms. The molecule has 2 rings (SSSR count). The molecule has 0 saturated heterocycles. The van der Waals surface area contributed by atoms with Gasteiger partial charge in [0.25, 0.3) is 0 Å². The zero-order valence-electron chi connectivity index (χ0n) is 10.8. The van der Waals surface area contributed by atoms with E-state index in [9.17, 15) is 9.18 Å². The van der Waals surface area contributed by atoms with Gasteiger partial charge >= 0.3 is 5.97 Å². The molecule has 2 aromatic rings. The Morgan fingerprint density at radius 2 is 2.10 bits per heavy atom. The third-order valence-electron chi connectivity index (χ3n) is 2.92. The number of nitrogen functional groups attached to an aromatic ring is 1. The zero-order valence-corrected chi connectivity index (χ0v) is 12.4. The summed E-state index contributed by atoms with van der Waals surface area (Å²) < 4.78 is 19.3. The molecular formula is C15H13BrFNO2. The SMILES string of the molecule is Cc1cccc(C(=O)OCc2ccc(Br)cc2F)c1N. The van der Waals surface area contributed by atoms with Crippen LogP contribution < -0.4 is 5.73 Å². The molecule has 0 unspecified atom stereocenters. The monoisotopic (exact) mass is 337 g/mol. The highest BCUT2D eigenvalue weighted by molar-refractivity contribution is 9.10. The van der Waals surface area contributed by atoms with Crippen molar-refractivity contribution in [3.05, 3.63) is 63.4 Å². The van der Waals surface area contributed by atoms with Crippen LogP contribution in [0.25, 0.3) is 0 Å². The molecule has 0 aliphatic heterocycles. The number of nitrogens with two attached hydrogens (primary N) is 1. The number of hydrogen-bond acceptors (Lipinski definition) is 3. The smallest absolute Gasteiger partial charge is 0.340 e. The molecule has 20 heavy (non-hydrogen) atoms. The van der Waals surface area contributed by atoms with Crippen LogP contribution in [-0.2, 0) is 11.3 Å². The first-order valence-corrected chi connectivity index (χ1v) is 6.74. The fourth-order valence-electron chi connectivity index (χ4n) is 1.72. The summed E-state index contributed by atoms with van der Waals surface area (Å²) in [7, 11) is 0. The second-order valence-electron chi connectivity index (χ2n) is 4.35. The summed E-state index contributed by atoms with van der Waals surface area (Å²) in [4.78, 5) is 11.9. The van der Waals surface area contributed by atoms with Crippen molar-refractivity contribution in [3.8, 4) is 0 Å². The summed E-state index contributed by atoms with van der Waals surface area (Å²) >= 11 is 3.17. The summed E-state index contributed by atoms with van der Waals surface area (Å²) in [6.07, 6.45) is 0. The molecule has 0 aromatic heterocycles. The number of rotatable bonds is 3. The molecule has 0 bridgehead atoms. The van der Waals surface area contributed by atoms with Gasteiger partial charge in [-0.3, -0.25) is 0 Å². The van der Waals surface area contributed by atoms with Crippen LogP contribution in [0.4, 0.5) is 10.1 Å². The van der Waals surface area contributed by atoms with Gasteiger partial charge in [0, 0.05) is 15.7 Å². The van der Waals surface area contributed by atoms with E-state index in [1.165, 1.54) is 6.07 Å². The van der Waals surface area contributed by atoms with Gasteiger partial charge in [0.2, 0.25) is 0 Å². The highest BCUT2D eigenvalue weighted by Crippen LogP contribution is 2.19. The molecule has 2 N–H and O–H groups in total. The van der Waals surface area contributed by atoms with Crippen molar-refractivity contribution in [3.63, 3.8) is 0 Å². The van der Waals surface area contributed by atoms with Gasteiger partial charge in [-0.25, -0.2) is 9.18 Å². The Balaban J connectivity index is 2.11. The molecule has 0 radical (unpaired) electrons. The van der Waals surface area contributed by atoms with Crippen molar-refractivity contribution < 1.29 is 13.9 Å². The molecular weight excluding hydrogens is 325 g/mol. The lowest BCUT2D eigenvalue weighted by atomic mass is 10.1. The number of anilines is 1. The summed E-state index contributed by atoms with van der Waals surface area (Å²) in [6.45, 7) is 1.67. The number of ether oxygens (including phenoxy) is 1. The Labute approximate surface area is 124 Å². The maximum Gasteiger partial charge on any atom is 0.340 e. The van der Waals surface area contributed by atoms with E-state index in [0.29, 0.717) is 21.3 Å². The minimum Gasteiger partial charge on any atom is -0.457 e. The third-order valence-corrected chi connectivity index (χ3v) is 3.41. The highest BCUT2D eigenvalue weighted by atomic mass is 79.9. The van der Waals surface area contributed by atoms with Crippen molar-refractivity contribution in [1.29, 1.82) is 0 Å². The van der Waals surface area contributed by atoms with E-state index < -0.39 is 11.8 Å². The molecule has 0 saturated carbocycles. The Bertz CT molecular complexity index is 658. The molecule has 0 heterocycles. The van der Waals surface area contributed by atoms with E-state index in [2.05, 4.69) is 15.9 Å². The topological polar surface area (TPSA) is 52.3 Å². The first-order valence-electron chi connectivity index (χ1n) is 5.95. The van der Waals surface area contributed by atoms with Crippen LogP contribution in [0.5, 0.6) is 0 Å². The Kier molecular flexibility index (Phi) is 4.39. The van der Waals surface area contributed by atoms with Crippen molar-refractivity contribution in [1.82, 2.24) is 0 Å². The first kappa shape index (κ1) is 14.5. The van der Waals surface area contributed by atoms with Gasteiger partial charge in [-0.2, -0.15) is 0 Å². The van der Waals surface area contributed by atoms with Crippen LogP contribution >= 0.6 is 15.9 Å². The van der Waals surface area contributed by atoms with Gasteiger partial charge in [-0.05, 0) is 30.7 Å². The number of halogens is 2. The predicted molar refractivity (Wildman–Crippen MR) is 78.8 cm³/mol. The molecule has 2 aromatic carbocycles. The van der Waals surface area contributed by atoms with Crippen LogP contribution in [0.1, 0.15) is 21.5 Å². The van der Waals surface area contributed by atoms with Crippen molar-refractivity contribution in [2.75, 3.05) is 5.73 Å². The van der Waals surface area contributed by atoms with E-state index in [1.807, 2.05) is 0 Å². The minimum absolute atomic E-state index is 0.134. The van der Waals surface area contributed by atoms with E-state index in [4.69, 9.17) is 10.5 Å². The Morgan fingerprint density at radius 3 is 2.80 bits per heavy atom. The number of hydrogen-bond donors (Lipinski definition) is 1. The van der Waals surface area contributed by atoms with Gasteiger partial charge in [0.05, 0.1) is 5.56 Å². The van der Waals surface area contributed by atoms with E-state index in [1.54, 1.807) is 37.3 Å². The average Bonchev–Trinajstić information content (AvgIpc) is 2.40. The molecule has 0 amide bonds. The number of carbonyl (C=O) groups is 1. The molecule has 0 spiro atoms. The van der Waals surface area contributed by atoms with Gasteiger partial charge < -0.3 is 10.5 Å². The normalized spacial score (nSPS) is 10.3. The summed E-state index contributed by atoms with van der Waals surface area (Å²) in [6, 6.07) is 9.69. The lowest BCUT2D eigenvalue weighted by Gasteiger charge is -2.09. The van der Waals surface area contributed by atoms with E-state index in [-0.39, 0.29) is 6.61 Å². The van der Waals surface area contributed by atoms with Crippen molar-refractivity contribution in [2.24, 2.45) is 0 Å². The van der Waals surface area contributed by atoms with Crippen molar-refractivity contribution >= 4 is 27.6 Å². The second kappa shape index (κ2) is 6.05. The quantitative estimate of drug-likeness (QED) is 0.683. The largest absolute Gasteiger partial charge is 0.457 e. The first-order chi connectivity index (χ1) is 9.49. The Hall–Kier alpha value is -1.88. The number of benzene rings is 2. The van der Waals surface area contributed by atoms with Gasteiger partial charge in [-0.1, -0.05) is 34.1 Å². The van der Waals surface area contributed by atoms with Crippen LogP contribution in [0, 0.1) is 12.7 Å².